The largest absolute Gasteiger partial charge is 0.493 e. The minimum Gasteiger partial charge on any atom is -0.493 e. The number of rotatable bonds is 7. The predicted octanol–water partition coefficient (Wildman–Crippen LogP) is 3.57. The molecule has 1 fully saturated rings. The van der Waals surface area contributed by atoms with E-state index in [9.17, 15) is 9.50 Å². The summed E-state index contributed by atoms with van der Waals surface area (Å²) in [6.07, 6.45) is 1.41. The van der Waals surface area contributed by atoms with Crippen molar-refractivity contribution in [2.24, 2.45) is 0 Å². The van der Waals surface area contributed by atoms with E-state index in [-0.39, 0.29) is 17.7 Å². The van der Waals surface area contributed by atoms with E-state index in [0.717, 1.165) is 5.56 Å². The molecule has 1 aliphatic heterocycles. The van der Waals surface area contributed by atoms with Crippen LogP contribution < -0.4 is 19.1 Å². The lowest BCUT2D eigenvalue weighted by Crippen LogP contribution is -2.48. The average Bonchev–Trinajstić information content (AvgIpc) is 3.47. The first-order valence-corrected chi connectivity index (χ1v) is 11.9. The van der Waals surface area contributed by atoms with Crippen LogP contribution in [-0.4, -0.2) is 72.1 Å². The maximum Gasteiger partial charge on any atom is 0.230 e. The third-order valence-electron chi connectivity index (χ3n) is 6.26. The third kappa shape index (κ3) is 4.10. The monoisotopic (exact) mass is 499 g/mol. The number of hydrogen-bond donors (Lipinski definition) is 1. The predicted molar refractivity (Wildman–Crippen MR) is 131 cm³/mol. The molecule has 0 bridgehead atoms. The summed E-state index contributed by atoms with van der Waals surface area (Å²) in [5.41, 5.74) is 1.46. The Kier molecular flexibility index (Phi) is 6.35. The number of piperazine rings is 1. The summed E-state index contributed by atoms with van der Waals surface area (Å²) in [7, 11) is 4.71. The first kappa shape index (κ1) is 23.2. The molecule has 3 heterocycles. The highest BCUT2D eigenvalue weighted by Crippen LogP contribution is 2.45. The molecule has 4 aromatic rings. The summed E-state index contributed by atoms with van der Waals surface area (Å²) in [5.74, 6) is 1.35. The Hall–Kier alpha value is -3.57. The maximum atomic E-state index is 14.4. The van der Waals surface area contributed by atoms with Crippen molar-refractivity contribution in [1.29, 1.82) is 0 Å². The number of benzene rings is 2. The molecule has 0 spiro atoms. The summed E-state index contributed by atoms with van der Waals surface area (Å²) in [4.78, 5) is 9.85. The number of thiazole rings is 1. The number of aromatic nitrogens is 3. The van der Waals surface area contributed by atoms with Gasteiger partial charge in [0.25, 0.3) is 0 Å². The van der Waals surface area contributed by atoms with Crippen LogP contribution in [0.5, 0.6) is 23.1 Å². The summed E-state index contributed by atoms with van der Waals surface area (Å²) in [6.45, 7) is 2.54. The van der Waals surface area contributed by atoms with E-state index >= 15 is 0 Å². The molecule has 0 aliphatic carbocycles. The average molecular weight is 500 g/mol. The quantitative estimate of drug-likeness (QED) is 0.413. The van der Waals surface area contributed by atoms with Gasteiger partial charge < -0.3 is 24.2 Å². The van der Waals surface area contributed by atoms with Crippen molar-refractivity contribution in [3.05, 3.63) is 59.0 Å². The van der Waals surface area contributed by atoms with E-state index in [0.29, 0.717) is 59.0 Å². The summed E-state index contributed by atoms with van der Waals surface area (Å²) >= 11 is 1.37. The Morgan fingerprint density at radius 3 is 2.29 bits per heavy atom. The normalized spacial score (nSPS) is 15.4. The fourth-order valence-corrected chi connectivity index (χ4v) is 5.68. The molecule has 1 N–H and O–H groups in total. The molecule has 9 nitrogen and oxygen atoms in total. The van der Waals surface area contributed by atoms with Crippen LogP contribution >= 0.6 is 11.3 Å². The standard InChI is InChI=1S/C24H26FN5O4S/c1-32-18-12-15(13-19(33-2)21(18)34-3)20(22-23(31)30-24(35-22)26-14-27-30)29-10-8-28(9-11-29)17-7-5-4-6-16(17)25/h4-7,12-14,20,31H,8-11H2,1-3H3/t20-/m1/s1. The van der Waals surface area contributed by atoms with E-state index in [1.54, 1.807) is 33.5 Å². The van der Waals surface area contributed by atoms with E-state index < -0.39 is 0 Å². The number of ether oxygens (including phenoxy) is 3. The van der Waals surface area contributed by atoms with Gasteiger partial charge in [-0.3, -0.25) is 4.90 Å². The Morgan fingerprint density at radius 2 is 1.69 bits per heavy atom. The zero-order valence-corrected chi connectivity index (χ0v) is 20.5. The zero-order valence-electron chi connectivity index (χ0n) is 19.6. The Labute approximate surface area is 205 Å². The zero-order chi connectivity index (χ0) is 24.5. The lowest BCUT2D eigenvalue weighted by molar-refractivity contribution is 0.209. The number of anilines is 1. The van der Waals surface area contributed by atoms with E-state index in [1.807, 2.05) is 23.1 Å². The van der Waals surface area contributed by atoms with Crippen molar-refractivity contribution in [3.8, 4) is 23.1 Å². The maximum absolute atomic E-state index is 14.4. The highest BCUT2D eigenvalue weighted by Gasteiger charge is 2.33. The van der Waals surface area contributed by atoms with Gasteiger partial charge in [0.2, 0.25) is 16.6 Å². The Morgan fingerprint density at radius 1 is 1.00 bits per heavy atom. The molecule has 0 saturated carbocycles. The second-order valence-corrected chi connectivity index (χ2v) is 9.09. The van der Waals surface area contributed by atoms with E-state index in [2.05, 4.69) is 15.0 Å². The fourth-order valence-electron chi connectivity index (χ4n) is 4.59. The second-order valence-electron chi connectivity index (χ2n) is 8.08. The first-order chi connectivity index (χ1) is 17.0. The van der Waals surface area contributed by atoms with Gasteiger partial charge in [-0.2, -0.15) is 9.61 Å². The number of fused-ring (bicyclic) bond motifs is 1. The SMILES string of the molecule is COc1cc([C@H](c2sc3ncnn3c2O)N2CCN(c3ccccc3F)CC2)cc(OC)c1OC. The van der Waals surface area contributed by atoms with Gasteiger partial charge >= 0.3 is 0 Å². The van der Waals surface area contributed by atoms with Crippen LogP contribution in [0, 0.1) is 5.82 Å². The fraction of sp³-hybridized carbons (Fsp3) is 0.333. The topological polar surface area (TPSA) is 84.6 Å². The number of halogens is 1. The molecule has 184 valence electrons. The van der Waals surface area contributed by atoms with Crippen molar-refractivity contribution in [3.63, 3.8) is 0 Å². The number of para-hydroxylation sites is 1. The number of aromatic hydroxyl groups is 1. The van der Waals surface area contributed by atoms with Gasteiger partial charge in [0.15, 0.2) is 11.5 Å². The molecule has 0 radical (unpaired) electrons. The summed E-state index contributed by atoms with van der Waals surface area (Å²) in [6, 6.07) is 10.3. The smallest absolute Gasteiger partial charge is 0.230 e. The van der Waals surface area contributed by atoms with Crippen LogP contribution in [0.3, 0.4) is 0 Å². The number of methoxy groups -OCH3 is 3. The summed E-state index contributed by atoms with van der Waals surface area (Å²) < 4.78 is 32.5. The lowest BCUT2D eigenvalue weighted by Gasteiger charge is -2.40. The highest BCUT2D eigenvalue weighted by molar-refractivity contribution is 7.17. The van der Waals surface area contributed by atoms with Crippen molar-refractivity contribution >= 4 is 22.0 Å². The molecular formula is C24H26FN5O4S. The molecule has 0 amide bonds. The van der Waals surface area contributed by atoms with Gasteiger partial charge in [-0.25, -0.2) is 9.37 Å². The third-order valence-corrected chi connectivity index (χ3v) is 7.35. The minimum atomic E-state index is -0.333. The molecule has 5 rings (SSSR count). The minimum absolute atomic E-state index is 0.0396. The molecule has 1 aliphatic rings. The molecule has 2 aromatic heterocycles. The van der Waals surface area contributed by atoms with Crippen molar-refractivity contribution in [1.82, 2.24) is 19.5 Å². The van der Waals surface area contributed by atoms with Crippen LogP contribution in [-0.2, 0) is 0 Å². The van der Waals surface area contributed by atoms with Crippen molar-refractivity contribution in [2.75, 3.05) is 52.4 Å². The van der Waals surface area contributed by atoms with Gasteiger partial charge in [-0.05, 0) is 29.8 Å². The van der Waals surface area contributed by atoms with Crippen LogP contribution in [0.25, 0.3) is 4.96 Å². The number of hydrogen-bond acceptors (Lipinski definition) is 9. The molecule has 1 saturated heterocycles. The van der Waals surface area contributed by atoms with E-state index in [1.165, 1.54) is 28.2 Å². The highest BCUT2D eigenvalue weighted by atomic mass is 32.1. The van der Waals surface area contributed by atoms with Crippen molar-refractivity contribution in [2.45, 2.75) is 6.04 Å². The Bertz CT molecular complexity index is 1310. The lowest BCUT2D eigenvalue weighted by atomic mass is 10.0. The molecule has 0 unspecified atom stereocenters. The van der Waals surface area contributed by atoms with Crippen LogP contribution in [0.4, 0.5) is 10.1 Å². The molecular weight excluding hydrogens is 473 g/mol. The van der Waals surface area contributed by atoms with Crippen LogP contribution in [0.15, 0.2) is 42.7 Å². The summed E-state index contributed by atoms with van der Waals surface area (Å²) in [5, 5.41) is 15.2. The molecule has 1 atom stereocenters. The first-order valence-electron chi connectivity index (χ1n) is 11.1. The van der Waals surface area contributed by atoms with E-state index in [4.69, 9.17) is 14.2 Å². The second kappa shape index (κ2) is 9.59. The van der Waals surface area contributed by atoms with Gasteiger partial charge in [0.1, 0.15) is 12.1 Å². The molecule has 2 aromatic carbocycles. The van der Waals surface area contributed by atoms with Gasteiger partial charge in [-0.15, -0.1) is 0 Å². The van der Waals surface area contributed by atoms with Gasteiger partial charge in [0.05, 0.1) is 37.9 Å². The van der Waals surface area contributed by atoms with Crippen molar-refractivity contribution < 1.29 is 23.7 Å². The van der Waals surface area contributed by atoms with Gasteiger partial charge in [-0.1, -0.05) is 23.5 Å². The van der Waals surface area contributed by atoms with Crippen LogP contribution in [0.2, 0.25) is 0 Å². The molecule has 11 heteroatoms. The van der Waals surface area contributed by atoms with Gasteiger partial charge in [0, 0.05) is 26.2 Å². The Balaban J connectivity index is 1.55. The van der Waals surface area contributed by atoms with Crippen LogP contribution in [0.1, 0.15) is 16.5 Å². The molecule has 35 heavy (non-hydrogen) atoms. The number of nitrogens with zero attached hydrogens (tertiary/aromatic N) is 5.